The maximum atomic E-state index is 12.1. The van der Waals surface area contributed by atoms with Gasteiger partial charge in [-0.15, -0.1) is 12.4 Å². The van der Waals surface area contributed by atoms with Crippen LogP contribution in [0.1, 0.15) is 5.56 Å². The average Bonchev–Trinajstić information content (AvgIpc) is 2.44. The van der Waals surface area contributed by atoms with Crippen molar-refractivity contribution in [2.75, 3.05) is 33.4 Å². The Hall–Kier alpha value is -1.72. The molecule has 114 valence electrons. The van der Waals surface area contributed by atoms with Gasteiger partial charge in [-0.3, -0.25) is 4.79 Å². The molecule has 21 heavy (non-hydrogen) atoms. The monoisotopic (exact) mass is 310 g/mol. The van der Waals surface area contributed by atoms with Crippen LogP contribution in [0.25, 0.3) is 6.08 Å². The Bertz CT molecular complexity index is 556. The largest absolute Gasteiger partial charge is 0.497 e. The lowest BCUT2D eigenvalue weighted by atomic mass is 10.0. The predicted molar refractivity (Wildman–Crippen MR) is 83.1 cm³/mol. The second kappa shape index (κ2) is 6.83. The summed E-state index contributed by atoms with van der Waals surface area (Å²) in [5.74, 6) is 2.04. The van der Waals surface area contributed by atoms with Gasteiger partial charge in [0.05, 0.1) is 12.7 Å². The number of nitrogens with one attached hydrogen (secondary N) is 2. The fourth-order valence-electron chi connectivity index (χ4n) is 2.26. The summed E-state index contributed by atoms with van der Waals surface area (Å²) < 4.78 is 10.8. The third-order valence-corrected chi connectivity index (χ3v) is 3.64. The van der Waals surface area contributed by atoms with Gasteiger partial charge in [-0.2, -0.15) is 0 Å². The number of hydrogen-bond acceptors (Lipinski definition) is 4. The van der Waals surface area contributed by atoms with Crippen molar-refractivity contribution in [1.29, 1.82) is 0 Å². The smallest absolute Gasteiger partial charge is 0.250 e. The second-order valence-corrected chi connectivity index (χ2v) is 5.10. The molecular weight excluding hydrogens is 292 g/mol. The Morgan fingerprint density at radius 1 is 1.48 bits per heavy atom. The van der Waals surface area contributed by atoms with E-state index in [1.807, 2.05) is 24.3 Å². The van der Waals surface area contributed by atoms with E-state index in [9.17, 15) is 4.79 Å². The van der Waals surface area contributed by atoms with E-state index in [2.05, 4.69) is 10.6 Å². The Morgan fingerprint density at radius 2 is 2.29 bits per heavy atom. The van der Waals surface area contributed by atoms with E-state index in [1.165, 1.54) is 0 Å². The van der Waals surface area contributed by atoms with Gasteiger partial charge in [0.2, 0.25) is 0 Å². The number of halogens is 1. The molecule has 1 saturated heterocycles. The summed E-state index contributed by atoms with van der Waals surface area (Å²) in [5, 5.41) is 6.14. The number of ether oxygens (including phenoxy) is 2. The van der Waals surface area contributed by atoms with Crippen LogP contribution in [0.2, 0.25) is 0 Å². The Balaban J connectivity index is 0.00000161. The van der Waals surface area contributed by atoms with Gasteiger partial charge in [-0.25, -0.2) is 0 Å². The molecule has 5 nitrogen and oxygen atoms in total. The van der Waals surface area contributed by atoms with Crippen molar-refractivity contribution < 1.29 is 14.3 Å². The summed E-state index contributed by atoms with van der Waals surface area (Å²) in [6.45, 7) is 2.99. The highest BCUT2D eigenvalue weighted by molar-refractivity contribution is 5.99. The summed E-state index contributed by atoms with van der Waals surface area (Å²) in [5.41, 5.74) is 1.53. The molecule has 0 aliphatic carbocycles. The summed E-state index contributed by atoms with van der Waals surface area (Å²) in [4.78, 5) is 12.1. The molecule has 2 aliphatic heterocycles. The van der Waals surface area contributed by atoms with Gasteiger partial charge >= 0.3 is 0 Å². The van der Waals surface area contributed by atoms with Crippen LogP contribution in [0.5, 0.6) is 11.5 Å². The van der Waals surface area contributed by atoms with Crippen LogP contribution >= 0.6 is 12.4 Å². The van der Waals surface area contributed by atoms with Gasteiger partial charge in [-0.05, 0) is 24.3 Å². The van der Waals surface area contributed by atoms with Crippen molar-refractivity contribution in [3.05, 3.63) is 29.3 Å². The van der Waals surface area contributed by atoms with Crippen LogP contribution in [0.15, 0.2) is 23.8 Å². The SMILES string of the molecule is COc1ccc2c(c1)C=C(C(=O)NCC1CNC1)CO2.Cl. The maximum Gasteiger partial charge on any atom is 0.250 e. The van der Waals surface area contributed by atoms with E-state index >= 15 is 0 Å². The molecule has 0 radical (unpaired) electrons. The lowest BCUT2D eigenvalue weighted by Crippen LogP contribution is -2.48. The first-order chi connectivity index (χ1) is 9.76. The van der Waals surface area contributed by atoms with Crippen molar-refractivity contribution in [1.82, 2.24) is 10.6 Å². The van der Waals surface area contributed by atoms with Crippen LogP contribution in [-0.4, -0.2) is 39.3 Å². The minimum absolute atomic E-state index is 0. The topological polar surface area (TPSA) is 59.6 Å². The zero-order valence-corrected chi connectivity index (χ0v) is 12.7. The highest BCUT2D eigenvalue weighted by atomic mass is 35.5. The highest BCUT2D eigenvalue weighted by Gasteiger charge is 2.21. The zero-order valence-electron chi connectivity index (χ0n) is 11.8. The third-order valence-electron chi connectivity index (χ3n) is 3.64. The van der Waals surface area contributed by atoms with Gasteiger partial charge < -0.3 is 20.1 Å². The second-order valence-electron chi connectivity index (χ2n) is 5.10. The standard InChI is InChI=1S/C15H18N2O3.ClH/c1-19-13-2-3-14-11(5-13)4-12(9-20-14)15(18)17-8-10-6-16-7-10;/h2-5,10,16H,6-9H2,1H3,(H,17,18);1H. The molecule has 1 aromatic carbocycles. The molecule has 1 aromatic rings. The minimum Gasteiger partial charge on any atom is -0.497 e. The number of amides is 1. The Kier molecular flexibility index (Phi) is 5.09. The Morgan fingerprint density at radius 3 is 2.95 bits per heavy atom. The molecule has 1 fully saturated rings. The van der Waals surface area contributed by atoms with Gasteiger partial charge in [0.1, 0.15) is 18.1 Å². The molecule has 2 aliphatic rings. The first-order valence-corrected chi connectivity index (χ1v) is 6.76. The quantitative estimate of drug-likeness (QED) is 0.878. The fraction of sp³-hybridized carbons (Fsp3) is 0.400. The summed E-state index contributed by atoms with van der Waals surface area (Å²) in [6.07, 6.45) is 1.87. The Labute approximate surface area is 130 Å². The van der Waals surface area contributed by atoms with Gasteiger partial charge in [0.25, 0.3) is 5.91 Å². The van der Waals surface area contributed by atoms with E-state index in [-0.39, 0.29) is 18.3 Å². The molecule has 2 heterocycles. The lowest BCUT2D eigenvalue weighted by molar-refractivity contribution is -0.118. The molecule has 0 atom stereocenters. The number of fused-ring (bicyclic) bond motifs is 1. The molecular formula is C15H19ClN2O3. The minimum atomic E-state index is -0.0506. The fourth-order valence-corrected chi connectivity index (χ4v) is 2.26. The normalized spacial score (nSPS) is 16.5. The predicted octanol–water partition coefficient (Wildman–Crippen LogP) is 1.23. The third kappa shape index (κ3) is 3.49. The van der Waals surface area contributed by atoms with Gasteiger partial charge in [0, 0.05) is 31.1 Å². The number of carbonyl (C=O) groups is 1. The van der Waals surface area contributed by atoms with E-state index in [4.69, 9.17) is 9.47 Å². The van der Waals surface area contributed by atoms with Crippen LogP contribution in [0, 0.1) is 5.92 Å². The summed E-state index contributed by atoms with van der Waals surface area (Å²) in [6, 6.07) is 5.58. The number of hydrogen-bond donors (Lipinski definition) is 2. The summed E-state index contributed by atoms with van der Waals surface area (Å²) in [7, 11) is 1.62. The molecule has 0 spiro atoms. The van der Waals surface area contributed by atoms with E-state index in [0.29, 0.717) is 24.6 Å². The van der Waals surface area contributed by atoms with Crippen molar-refractivity contribution in [3.8, 4) is 11.5 Å². The van der Waals surface area contributed by atoms with Crippen molar-refractivity contribution in [2.24, 2.45) is 5.92 Å². The zero-order chi connectivity index (χ0) is 13.9. The molecule has 0 aromatic heterocycles. The number of benzene rings is 1. The van der Waals surface area contributed by atoms with Crippen LogP contribution in [0.3, 0.4) is 0 Å². The van der Waals surface area contributed by atoms with E-state index < -0.39 is 0 Å². The molecule has 2 N–H and O–H groups in total. The molecule has 0 saturated carbocycles. The summed E-state index contributed by atoms with van der Waals surface area (Å²) >= 11 is 0. The van der Waals surface area contributed by atoms with E-state index in [0.717, 1.165) is 30.2 Å². The van der Waals surface area contributed by atoms with Crippen LogP contribution in [-0.2, 0) is 4.79 Å². The molecule has 0 bridgehead atoms. The van der Waals surface area contributed by atoms with Crippen molar-refractivity contribution >= 4 is 24.4 Å². The average molecular weight is 311 g/mol. The number of methoxy groups -OCH3 is 1. The van der Waals surface area contributed by atoms with Gasteiger partial charge in [0.15, 0.2) is 0 Å². The van der Waals surface area contributed by atoms with Crippen molar-refractivity contribution in [2.45, 2.75) is 0 Å². The van der Waals surface area contributed by atoms with Gasteiger partial charge in [-0.1, -0.05) is 0 Å². The first kappa shape index (κ1) is 15.7. The maximum absolute atomic E-state index is 12.1. The number of carbonyl (C=O) groups excluding carboxylic acids is 1. The van der Waals surface area contributed by atoms with Crippen LogP contribution in [0.4, 0.5) is 0 Å². The van der Waals surface area contributed by atoms with Crippen LogP contribution < -0.4 is 20.1 Å². The first-order valence-electron chi connectivity index (χ1n) is 6.76. The van der Waals surface area contributed by atoms with E-state index in [1.54, 1.807) is 7.11 Å². The lowest BCUT2D eigenvalue weighted by Gasteiger charge is -2.27. The molecule has 0 unspecified atom stereocenters. The molecule has 1 amide bonds. The van der Waals surface area contributed by atoms with Crippen molar-refractivity contribution in [3.63, 3.8) is 0 Å². The molecule has 3 rings (SSSR count). The molecule has 6 heteroatoms. The number of rotatable bonds is 4. The highest BCUT2D eigenvalue weighted by Crippen LogP contribution is 2.29.